The molecule has 0 aliphatic heterocycles. The maximum atomic E-state index is 6.26. The molecule has 0 bridgehead atoms. The van der Waals surface area contributed by atoms with Gasteiger partial charge in [-0.1, -0.05) is 31.0 Å². The normalized spacial score (nSPS) is 14.4. The van der Waals surface area contributed by atoms with Crippen LogP contribution in [0.4, 0.5) is 0 Å². The van der Waals surface area contributed by atoms with E-state index in [-0.39, 0.29) is 6.04 Å². The zero-order valence-corrected chi connectivity index (χ0v) is 11.4. The van der Waals surface area contributed by atoms with E-state index < -0.39 is 0 Å². The van der Waals surface area contributed by atoms with Crippen LogP contribution in [0.25, 0.3) is 0 Å². The van der Waals surface area contributed by atoms with E-state index in [0.29, 0.717) is 10.9 Å². The van der Waals surface area contributed by atoms with E-state index in [9.17, 15) is 0 Å². The molecule has 2 atom stereocenters. The summed E-state index contributed by atoms with van der Waals surface area (Å²) in [5.41, 5.74) is 7.24. The summed E-state index contributed by atoms with van der Waals surface area (Å²) in [6.45, 7) is 3.03. The maximum Gasteiger partial charge on any atom is 0.120 e. The van der Waals surface area contributed by atoms with Crippen LogP contribution in [-0.2, 0) is 0 Å². The van der Waals surface area contributed by atoms with Crippen molar-refractivity contribution in [3.8, 4) is 5.75 Å². The first kappa shape index (κ1) is 14.3. The first-order valence-corrected chi connectivity index (χ1v) is 6.25. The van der Waals surface area contributed by atoms with Crippen LogP contribution in [0.5, 0.6) is 5.75 Å². The summed E-state index contributed by atoms with van der Waals surface area (Å²) in [6, 6.07) is 5.60. The molecule has 96 valence electrons. The van der Waals surface area contributed by atoms with Crippen LogP contribution in [0.15, 0.2) is 18.2 Å². The lowest BCUT2D eigenvalue weighted by molar-refractivity contribution is 0.400. The summed E-state index contributed by atoms with van der Waals surface area (Å²) in [5.74, 6) is 1.14. The van der Waals surface area contributed by atoms with E-state index in [1.165, 1.54) is 0 Å². The van der Waals surface area contributed by atoms with E-state index >= 15 is 0 Å². The summed E-state index contributed by atoms with van der Waals surface area (Å²) in [7, 11) is 3.56. The number of nitrogens with two attached hydrogens (primary N) is 1. The predicted octanol–water partition coefficient (Wildman–Crippen LogP) is 2.59. The Labute approximate surface area is 108 Å². The molecule has 2 unspecified atom stereocenters. The van der Waals surface area contributed by atoms with Crippen LogP contribution in [0.3, 0.4) is 0 Å². The highest BCUT2D eigenvalue weighted by atomic mass is 35.5. The third-order valence-corrected chi connectivity index (χ3v) is 3.39. The summed E-state index contributed by atoms with van der Waals surface area (Å²) in [5, 5.41) is 3.84. The van der Waals surface area contributed by atoms with Crippen LogP contribution in [0.2, 0.25) is 5.02 Å². The highest BCUT2D eigenvalue weighted by Gasteiger charge is 2.19. The van der Waals surface area contributed by atoms with E-state index in [1.807, 2.05) is 25.2 Å². The Kier molecular flexibility index (Phi) is 5.75. The smallest absolute Gasteiger partial charge is 0.120 e. The van der Waals surface area contributed by atoms with Gasteiger partial charge in [-0.25, -0.2) is 0 Å². The SMILES string of the molecule is CCC(CNC)C(N)c1ccc(OC)cc1Cl. The quantitative estimate of drug-likeness (QED) is 0.823. The molecule has 0 heterocycles. The fourth-order valence-corrected chi connectivity index (χ4v) is 2.24. The molecule has 0 aromatic heterocycles. The number of nitrogens with one attached hydrogen (secondary N) is 1. The lowest BCUT2D eigenvalue weighted by Gasteiger charge is -2.23. The van der Waals surface area contributed by atoms with Crippen molar-refractivity contribution in [3.63, 3.8) is 0 Å². The third-order valence-electron chi connectivity index (χ3n) is 3.07. The minimum absolute atomic E-state index is 0.0501. The molecule has 1 aromatic rings. The largest absolute Gasteiger partial charge is 0.497 e. The molecule has 1 rings (SSSR count). The van der Waals surface area contributed by atoms with Crippen molar-refractivity contribution < 1.29 is 4.74 Å². The lowest BCUT2D eigenvalue weighted by Crippen LogP contribution is -2.29. The van der Waals surface area contributed by atoms with Gasteiger partial charge in [0.15, 0.2) is 0 Å². The summed E-state index contributed by atoms with van der Waals surface area (Å²) in [4.78, 5) is 0. The number of hydrogen-bond acceptors (Lipinski definition) is 3. The zero-order valence-electron chi connectivity index (χ0n) is 10.7. The van der Waals surface area contributed by atoms with Crippen LogP contribution < -0.4 is 15.8 Å². The van der Waals surface area contributed by atoms with Gasteiger partial charge in [-0.3, -0.25) is 0 Å². The monoisotopic (exact) mass is 256 g/mol. The molecular formula is C13H21ClN2O. The highest BCUT2D eigenvalue weighted by molar-refractivity contribution is 6.31. The average molecular weight is 257 g/mol. The summed E-state index contributed by atoms with van der Waals surface area (Å²) in [6.07, 6.45) is 1.02. The molecule has 1 aromatic carbocycles. The minimum Gasteiger partial charge on any atom is -0.497 e. The Morgan fingerprint density at radius 3 is 2.65 bits per heavy atom. The van der Waals surface area contributed by atoms with Crippen LogP contribution in [-0.4, -0.2) is 20.7 Å². The van der Waals surface area contributed by atoms with Gasteiger partial charge in [0.1, 0.15) is 5.75 Å². The second-order valence-corrected chi connectivity index (χ2v) is 4.55. The van der Waals surface area contributed by atoms with Gasteiger partial charge in [0.25, 0.3) is 0 Å². The Balaban J connectivity index is 2.90. The molecular weight excluding hydrogens is 236 g/mol. The van der Waals surface area contributed by atoms with Gasteiger partial charge >= 0.3 is 0 Å². The molecule has 0 aliphatic rings. The average Bonchev–Trinajstić information content (AvgIpc) is 2.35. The number of halogens is 1. The maximum absolute atomic E-state index is 6.26. The molecule has 0 aliphatic carbocycles. The van der Waals surface area contributed by atoms with E-state index in [2.05, 4.69) is 12.2 Å². The fourth-order valence-electron chi connectivity index (χ4n) is 1.95. The Morgan fingerprint density at radius 1 is 1.47 bits per heavy atom. The lowest BCUT2D eigenvalue weighted by atomic mass is 9.91. The number of hydrogen-bond donors (Lipinski definition) is 2. The van der Waals surface area contributed by atoms with Gasteiger partial charge in [-0.05, 0) is 37.2 Å². The van der Waals surface area contributed by atoms with Gasteiger partial charge in [0.2, 0.25) is 0 Å². The molecule has 0 spiro atoms. The van der Waals surface area contributed by atoms with Crippen molar-refractivity contribution in [2.75, 3.05) is 20.7 Å². The van der Waals surface area contributed by atoms with Gasteiger partial charge in [-0.15, -0.1) is 0 Å². The van der Waals surface area contributed by atoms with Crippen molar-refractivity contribution in [1.82, 2.24) is 5.32 Å². The Hall–Kier alpha value is -0.770. The predicted molar refractivity (Wildman–Crippen MR) is 72.6 cm³/mol. The number of ether oxygens (including phenoxy) is 1. The third kappa shape index (κ3) is 3.60. The molecule has 4 heteroatoms. The zero-order chi connectivity index (χ0) is 12.8. The van der Waals surface area contributed by atoms with Crippen molar-refractivity contribution in [2.45, 2.75) is 19.4 Å². The molecule has 0 saturated carbocycles. The first-order chi connectivity index (χ1) is 8.13. The van der Waals surface area contributed by atoms with E-state index in [1.54, 1.807) is 7.11 Å². The second kappa shape index (κ2) is 6.84. The number of methoxy groups -OCH3 is 1. The molecule has 3 N–H and O–H groups in total. The second-order valence-electron chi connectivity index (χ2n) is 4.14. The summed E-state index contributed by atoms with van der Waals surface area (Å²) >= 11 is 6.22. The van der Waals surface area contributed by atoms with Crippen molar-refractivity contribution in [1.29, 1.82) is 0 Å². The Bertz CT molecular complexity index is 357. The van der Waals surface area contributed by atoms with Gasteiger partial charge in [0, 0.05) is 11.1 Å². The molecule has 0 radical (unpaired) electrons. The molecule has 0 fully saturated rings. The topological polar surface area (TPSA) is 47.3 Å². The minimum atomic E-state index is -0.0501. The van der Waals surface area contributed by atoms with Crippen molar-refractivity contribution in [3.05, 3.63) is 28.8 Å². The van der Waals surface area contributed by atoms with Crippen molar-refractivity contribution in [2.24, 2.45) is 11.7 Å². The highest BCUT2D eigenvalue weighted by Crippen LogP contribution is 2.30. The van der Waals surface area contributed by atoms with E-state index in [0.717, 1.165) is 24.3 Å². The van der Waals surface area contributed by atoms with Crippen LogP contribution in [0, 0.1) is 5.92 Å². The molecule has 0 saturated heterocycles. The standard InChI is InChI=1S/C13H21ClN2O/c1-4-9(8-16-2)13(15)11-6-5-10(17-3)7-12(11)14/h5-7,9,13,16H,4,8,15H2,1-3H3. The molecule has 17 heavy (non-hydrogen) atoms. The Morgan fingerprint density at radius 2 is 2.18 bits per heavy atom. The van der Waals surface area contributed by atoms with E-state index in [4.69, 9.17) is 22.1 Å². The molecule has 0 amide bonds. The first-order valence-electron chi connectivity index (χ1n) is 5.87. The van der Waals surface area contributed by atoms with Gasteiger partial charge in [0.05, 0.1) is 7.11 Å². The number of benzene rings is 1. The molecule has 3 nitrogen and oxygen atoms in total. The fraction of sp³-hybridized carbons (Fsp3) is 0.538. The van der Waals surface area contributed by atoms with Crippen LogP contribution in [0.1, 0.15) is 24.9 Å². The number of rotatable bonds is 6. The van der Waals surface area contributed by atoms with Crippen LogP contribution >= 0.6 is 11.6 Å². The van der Waals surface area contributed by atoms with Crippen molar-refractivity contribution >= 4 is 11.6 Å². The summed E-state index contributed by atoms with van der Waals surface area (Å²) < 4.78 is 5.13. The van der Waals surface area contributed by atoms with Gasteiger partial charge in [-0.2, -0.15) is 0 Å². The van der Waals surface area contributed by atoms with Gasteiger partial charge < -0.3 is 15.8 Å².